The molecular weight excluding hydrogens is 349 g/mol. The lowest BCUT2D eigenvalue weighted by Crippen LogP contribution is -2.28. The molecule has 27 heavy (non-hydrogen) atoms. The zero-order valence-electron chi connectivity index (χ0n) is 14.5. The van der Waals surface area contributed by atoms with Crippen molar-refractivity contribution in [3.05, 3.63) is 46.6 Å². The van der Waals surface area contributed by atoms with Gasteiger partial charge in [-0.15, -0.1) is 0 Å². The summed E-state index contributed by atoms with van der Waals surface area (Å²) in [5, 5.41) is 12.1. The number of hydrogen-bond donors (Lipinski definition) is 3. The van der Waals surface area contributed by atoms with Gasteiger partial charge in [-0.05, 0) is 43.5 Å². The summed E-state index contributed by atoms with van der Waals surface area (Å²) in [4.78, 5) is 22.8. The van der Waals surface area contributed by atoms with Crippen molar-refractivity contribution in [2.24, 2.45) is 0 Å². The first-order chi connectivity index (χ1) is 13.1. The zero-order valence-corrected chi connectivity index (χ0v) is 14.5. The minimum Gasteiger partial charge on any atom is -0.461 e. The number of aliphatic hydroxyl groups excluding tert-OH is 1. The van der Waals surface area contributed by atoms with Gasteiger partial charge in [0.15, 0.2) is 0 Å². The van der Waals surface area contributed by atoms with E-state index in [1.165, 1.54) is 12.1 Å². The van der Waals surface area contributed by atoms with E-state index in [2.05, 4.69) is 15.0 Å². The molecule has 3 N–H and O–H groups in total. The van der Waals surface area contributed by atoms with Gasteiger partial charge in [0.05, 0.1) is 17.0 Å². The Kier molecular flexibility index (Phi) is 3.65. The number of aliphatic hydroxyl groups is 1. The fourth-order valence-electron chi connectivity index (χ4n) is 4.07. The van der Waals surface area contributed by atoms with Crippen LogP contribution in [0.15, 0.2) is 35.3 Å². The van der Waals surface area contributed by atoms with Crippen LogP contribution >= 0.6 is 0 Å². The van der Waals surface area contributed by atoms with Crippen molar-refractivity contribution in [1.82, 2.24) is 15.0 Å². The lowest BCUT2D eigenvalue weighted by atomic mass is 9.95. The molecule has 0 unspecified atom stereocenters. The third kappa shape index (κ3) is 2.66. The summed E-state index contributed by atoms with van der Waals surface area (Å²) < 4.78 is 19.8. The molecule has 0 saturated heterocycles. The number of hydrogen-bond acceptors (Lipinski definition) is 4. The van der Waals surface area contributed by atoms with Gasteiger partial charge in [0.1, 0.15) is 17.4 Å². The number of pyridine rings is 1. The Hall–Kier alpha value is -2.93. The van der Waals surface area contributed by atoms with Crippen LogP contribution < -0.4 is 10.3 Å². The number of aromatic amines is 2. The van der Waals surface area contributed by atoms with Crippen molar-refractivity contribution in [3.63, 3.8) is 0 Å². The van der Waals surface area contributed by atoms with Gasteiger partial charge in [0.25, 0.3) is 11.6 Å². The third-order valence-corrected chi connectivity index (χ3v) is 5.30. The molecule has 2 aromatic carbocycles. The van der Waals surface area contributed by atoms with Crippen molar-refractivity contribution >= 4 is 32.6 Å². The number of nitrogens with zero attached hydrogens (tertiary/aromatic N) is 1. The van der Waals surface area contributed by atoms with Crippen LogP contribution in [0.5, 0.6) is 6.01 Å². The van der Waals surface area contributed by atoms with Gasteiger partial charge in [0.2, 0.25) is 0 Å². The Morgan fingerprint density at radius 2 is 2.07 bits per heavy atom. The van der Waals surface area contributed by atoms with Crippen molar-refractivity contribution in [2.75, 3.05) is 0 Å². The largest absolute Gasteiger partial charge is 0.461 e. The maximum atomic E-state index is 13.9. The van der Waals surface area contributed by atoms with Crippen LogP contribution in [0.2, 0.25) is 0 Å². The number of imidazole rings is 1. The van der Waals surface area contributed by atoms with Crippen molar-refractivity contribution in [2.45, 2.75) is 37.9 Å². The van der Waals surface area contributed by atoms with Gasteiger partial charge in [-0.2, -0.15) is 4.98 Å². The molecule has 0 radical (unpaired) electrons. The maximum absolute atomic E-state index is 13.9. The van der Waals surface area contributed by atoms with E-state index >= 15 is 0 Å². The molecule has 1 aliphatic rings. The molecule has 7 heteroatoms. The van der Waals surface area contributed by atoms with Crippen LogP contribution in [0.3, 0.4) is 0 Å². The molecule has 5 rings (SSSR count). The molecule has 1 aliphatic carbocycles. The Morgan fingerprint density at radius 3 is 2.93 bits per heavy atom. The lowest BCUT2D eigenvalue weighted by molar-refractivity contribution is 0.0495. The number of nitrogens with one attached hydrogen (secondary N) is 2. The van der Waals surface area contributed by atoms with Crippen LogP contribution in [0.1, 0.15) is 25.7 Å². The van der Waals surface area contributed by atoms with E-state index in [0.29, 0.717) is 45.0 Å². The number of aromatic nitrogens is 3. The quantitative estimate of drug-likeness (QED) is 0.474. The second kappa shape index (κ2) is 6.06. The summed E-state index contributed by atoms with van der Waals surface area (Å²) in [6.45, 7) is 0. The Balaban J connectivity index is 1.74. The first-order valence-corrected chi connectivity index (χ1v) is 9.07. The molecule has 6 nitrogen and oxygen atoms in total. The van der Waals surface area contributed by atoms with Crippen LogP contribution in [0.25, 0.3) is 32.6 Å². The van der Waals surface area contributed by atoms with Gasteiger partial charge in [0, 0.05) is 28.8 Å². The molecule has 1 saturated carbocycles. The van der Waals surface area contributed by atoms with E-state index in [0.717, 1.165) is 19.3 Å². The summed E-state index contributed by atoms with van der Waals surface area (Å²) in [5.41, 5.74) is 1.04. The summed E-state index contributed by atoms with van der Waals surface area (Å²) in [5.74, 6) is -0.408. The normalized spacial score (nSPS) is 20.5. The monoisotopic (exact) mass is 367 g/mol. The molecule has 4 aromatic rings. The minimum atomic E-state index is -0.408. The molecule has 2 heterocycles. The van der Waals surface area contributed by atoms with Crippen molar-refractivity contribution in [3.8, 4) is 6.01 Å². The molecule has 2 atom stereocenters. The summed E-state index contributed by atoms with van der Waals surface area (Å²) in [7, 11) is 0. The van der Waals surface area contributed by atoms with E-state index in [1.807, 2.05) is 0 Å². The van der Waals surface area contributed by atoms with Gasteiger partial charge < -0.3 is 19.8 Å². The number of rotatable bonds is 2. The van der Waals surface area contributed by atoms with Gasteiger partial charge in [-0.25, -0.2) is 4.39 Å². The lowest BCUT2D eigenvalue weighted by Gasteiger charge is -2.25. The number of H-pyrrole nitrogens is 2. The molecule has 0 aliphatic heterocycles. The van der Waals surface area contributed by atoms with E-state index in [9.17, 15) is 14.3 Å². The average molecular weight is 367 g/mol. The highest BCUT2D eigenvalue weighted by Crippen LogP contribution is 2.34. The summed E-state index contributed by atoms with van der Waals surface area (Å²) in [6, 6.07) is 6.47. The van der Waals surface area contributed by atoms with Gasteiger partial charge in [-0.1, -0.05) is 0 Å². The highest BCUT2D eigenvalue weighted by Gasteiger charge is 2.23. The van der Waals surface area contributed by atoms with Crippen LogP contribution in [-0.2, 0) is 0 Å². The number of benzene rings is 2. The van der Waals surface area contributed by atoms with Crippen LogP contribution in [-0.4, -0.2) is 32.3 Å². The highest BCUT2D eigenvalue weighted by atomic mass is 19.1. The first kappa shape index (κ1) is 16.3. The number of ether oxygens (including phenoxy) is 1. The molecule has 2 aromatic heterocycles. The Labute approximate surface area is 153 Å². The van der Waals surface area contributed by atoms with Crippen LogP contribution in [0.4, 0.5) is 4.39 Å². The van der Waals surface area contributed by atoms with Gasteiger partial charge >= 0.3 is 0 Å². The molecular formula is C20H18FN3O3. The maximum Gasteiger partial charge on any atom is 0.294 e. The predicted octanol–water partition coefficient (Wildman–Crippen LogP) is 3.38. The van der Waals surface area contributed by atoms with Crippen LogP contribution in [0, 0.1) is 5.82 Å². The van der Waals surface area contributed by atoms with E-state index in [1.54, 1.807) is 18.3 Å². The van der Waals surface area contributed by atoms with Gasteiger partial charge in [-0.3, -0.25) is 4.79 Å². The number of halogens is 1. The van der Waals surface area contributed by atoms with Crippen molar-refractivity contribution in [1.29, 1.82) is 0 Å². The Morgan fingerprint density at radius 1 is 1.19 bits per heavy atom. The second-order valence-electron chi connectivity index (χ2n) is 7.11. The topological polar surface area (TPSA) is 91.0 Å². The molecule has 0 spiro atoms. The standard InChI is InChI=1S/C20H18FN3O3/c21-10-4-5-13-15(8-10)16-14(6-7-22-19(16)26)18-17(13)23-20(24-18)27-12-3-1-2-11(25)9-12/h4-8,11-12,25H,1-3,9H2,(H,22,26)(H,23,24)/t11-,12-/m1/s1. The smallest absolute Gasteiger partial charge is 0.294 e. The molecule has 0 amide bonds. The molecule has 1 fully saturated rings. The summed E-state index contributed by atoms with van der Waals surface area (Å²) in [6.07, 6.45) is 4.25. The highest BCUT2D eigenvalue weighted by molar-refractivity contribution is 6.23. The molecule has 0 bridgehead atoms. The van der Waals surface area contributed by atoms with E-state index in [4.69, 9.17) is 4.74 Å². The van der Waals surface area contributed by atoms with E-state index < -0.39 is 5.82 Å². The first-order valence-electron chi connectivity index (χ1n) is 9.07. The Bertz CT molecular complexity index is 1230. The fourth-order valence-corrected chi connectivity index (χ4v) is 4.07. The minimum absolute atomic E-state index is 0.104. The second-order valence-corrected chi connectivity index (χ2v) is 7.11. The predicted molar refractivity (Wildman–Crippen MR) is 101 cm³/mol. The summed E-state index contributed by atoms with van der Waals surface area (Å²) >= 11 is 0. The zero-order chi connectivity index (χ0) is 18.5. The third-order valence-electron chi connectivity index (χ3n) is 5.30. The SMILES string of the molecule is O=c1[nH]ccc2c3[nH]c(O[C@@H]4CCC[C@@H](O)C4)nc3c3ccc(F)cc3c12. The number of fused-ring (bicyclic) bond motifs is 6. The van der Waals surface area contributed by atoms with E-state index in [-0.39, 0.29) is 17.8 Å². The van der Waals surface area contributed by atoms with Crippen molar-refractivity contribution < 1.29 is 14.2 Å². The average Bonchev–Trinajstić information content (AvgIpc) is 3.05. The fraction of sp³-hybridized carbons (Fsp3) is 0.300. The molecule has 138 valence electrons.